The van der Waals surface area contributed by atoms with Gasteiger partial charge in [-0.05, 0) is 36.2 Å². The van der Waals surface area contributed by atoms with E-state index in [4.69, 9.17) is 9.47 Å². The van der Waals surface area contributed by atoms with Crippen LogP contribution in [-0.2, 0) is 11.2 Å². The van der Waals surface area contributed by atoms with Crippen molar-refractivity contribution in [1.82, 2.24) is 5.32 Å². The number of hydrogen-bond acceptors (Lipinski definition) is 5. The highest BCUT2D eigenvalue weighted by molar-refractivity contribution is 7.99. The topological polar surface area (TPSA) is 59.6 Å². The van der Waals surface area contributed by atoms with Gasteiger partial charge in [-0.2, -0.15) is 13.2 Å². The lowest BCUT2D eigenvalue weighted by molar-refractivity contribution is -0.119. The minimum absolute atomic E-state index is 0.0322. The Morgan fingerprint density at radius 3 is 2.48 bits per heavy atom. The molecule has 0 bridgehead atoms. The summed E-state index contributed by atoms with van der Waals surface area (Å²) in [6.07, 6.45) is -3.65. The number of alkyl halides is 3. The summed E-state index contributed by atoms with van der Waals surface area (Å²) >= 11 is 0.686. The Kier molecular flexibility index (Phi) is 8.50. The van der Waals surface area contributed by atoms with Gasteiger partial charge in [0, 0.05) is 17.1 Å². The van der Waals surface area contributed by atoms with Gasteiger partial charge in [0.2, 0.25) is 5.91 Å². The number of para-hydroxylation sites is 1. The highest BCUT2D eigenvalue weighted by atomic mass is 32.2. The van der Waals surface area contributed by atoms with Crippen LogP contribution < -0.4 is 20.1 Å². The van der Waals surface area contributed by atoms with Crippen molar-refractivity contribution in [1.29, 1.82) is 0 Å². The number of nitrogens with one attached hydrogen (secondary N) is 2. The molecule has 158 valence electrons. The number of ether oxygens (including phenoxy) is 2. The molecule has 29 heavy (non-hydrogen) atoms. The number of benzene rings is 2. The van der Waals surface area contributed by atoms with Crippen LogP contribution in [0.5, 0.6) is 11.5 Å². The number of thioether (sulfide) groups is 1. The SMILES string of the molecule is COc1ccc(CCNC(=O)CNc2ccccc2SCC(F)(F)F)cc1OC. The van der Waals surface area contributed by atoms with E-state index in [1.165, 1.54) is 0 Å². The van der Waals surface area contributed by atoms with Crippen LogP contribution in [0.3, 0.4) is 0 Å². The molecule has 0 aliphatic heterocycles. The Balaban J connectivity index is 1.81. The maximum Gasteiger partial charge on any atom is 0.398 e. The van der Waals surface area contributed by atoms with E-state index in [1.54, 1.807) is 44.6 Å². The Hall–Kier alpha value is -2.55. The summed E-state index contributed by atoms with van der Waals surface area (Å²) in [6, 6.07) is 12.1. The molecule has 0 atom stereocenters. The van der Waals surface area contributed by atoms with Gasteiger partial charge >= 0.3 is 6.18 Å². The van der Waals surface area contributed by atoms with Crippen molar-refractivity contribution < 1.29 is 27.4 Å². The Morgan fingerprint density at radius 1 is 1.07 bits per heavy atom. The zero-order valence-corrected chi connectivity index (χ0v) is 17.0. The minimum Gasteiger partial charge on any atom is -0.493 e. The molecule has 0 aliphatic rings. The predicted molar refractivity (Wildman–Crippen MR) is 108 cm³/mol. The smallest absolute Gasteiger partial charge is 0.398 e. The average molecular weight is 428 g/mol. The van der Waals surface area contributed by atoms with Gasteiger partial charge in [-0.1, -0.05) is 18.2 Å². The number of rotatable bonds is 10. The molecule has 0 saturated heterocycles. The van der Waals surface area contributed by atoms with Gasteiger partial charge in [0.05, 0.1) is 26.5 Å². The monoisotopic (exact) mass is 428 g/mol. The summed E-state index contributed by atoms with van der Waals surface area (Å²) in [7, 11) is 3.12. The predicted octanol–water partition coefficient (Wildman–Crippen LogP) is 4.13. The van der Waals surface area contributed by atoms with Crippen LogP contribution in [0.25, 0.3) is 0 Å². The molecule has 0 unspecified atom stereocenters. The van der Waals surface area contributed by atoms with Gasteiger partial charge in [-0.25, -0.2) is 0 Å². The average Bonchev–Trinajstić information content (AvgIpc) is 2.70. The van der Waals surface area contributed by atoms with Crippen LogP contribution in [0, 0.1) is 0 Å². The van der Waals surface area contributed by atoms with Gasteiger partial charge in [-0.3, -0.25) is 4.79 Å². The van der Waals surface area contributed by atoms with Crippen LogP contribution >= 0.6 is 11.8 Å². The standard InChI is InChI=1S/C20H23F3N2O3S/c1-27-16-8-7-14(11-17(16)28-2)9-10-24-19(26)12-25-15-5-3-4-6-18(15)29-13-20(21,22)23/h3-8,11,25H,9-10,12-13H2,1-2H3,(H,24,26). The van der Waals surface area contributed by atoms with Crippen molar-refractivity contribution in [2.24, 2.45) is 0 Å². The molecule has 2 aromatic carbocycles. The van der Waals surface area contributed by atoms with Gasteiger partial charge in [-0.15, -0.1) is 11.8 Å². The zero-order valence-electron chi connectivity index (χ0n) is 16.1. The summed E-state index contributed by atoms with van der Waals surface area (Å²) < 4.78 is 47.7. The van der Waals surface area contributed by atoms with E-state index in [9.17, 15) is 18.0 Å². The Labute approximate surface area is 172 Å². The number of carbonyl (C=O) groups is 1. The number of amides is 1. The molecule has 0 spiro atoms. The quantitative estimate of drug-likeness (QED) is 0.558. The van der Waals surface area contributed by atoms with Crippen LogP contribution in [-0.4, -0.2) is 45.1 Å². The number of anilines is 1. The normalized spacial score (nSPS) is 11.1. The van der Waals surface area contributed by atoms with Crippen LogP contribution in [0.1, 0.15) is 5.56 Å². The molecule has 5 nitrogen and oxygen atoms in total. The van der Waals surface area contributed by atoms with Crippen molar-refractivity contribution in [3.63, 3.8) is 0 Å². The Bertz CT molecular complexity index is 816. The van der Waals surface area contributed by atoms with E-state index in [2.05, 4.69) is 10.6 Å². The van der Waals surface area contributed by atoms with E-state index in [1.807, 2.05) is 12.1 Å². The second kappa shape index (κ2) is 10.8. The summed E-state index contributed by atoms with van der Waals surface area (Å²) in [5, 5.41) is 5.68. The summed E-state index contributed by atoms with van der Waals surface area (Å²) in [5.74, 6) is 0.0158. The molecule has 1 amide bonds. The largest absolute Gasteiger partial charge is 0.493 e. The number of hydrogen-bond donors (Lipinski definition) is 2. The van der Waals surface area contributed by atoms with Crippen molar-refractivity contribution in [3.8, 4) is 11.5 Å². The van der Waals surface area contributed by atoms with Crippen LogP contribution in [0.4, 0.5) is 18.9 Å². The highest BCUT2D eigenvalue weighted by Gasteiger charge is 2.27. The third-order valence-corrected chi connectivity index (χ3v) is 5.04. The molecular weight excluding hydrogens is 405 g/mol. The second-order valence-corrected chi connectivity index (χ2v) is 7.06. The molecular formula is C20H23F3N2O3S. The molecule has 2 N–H and O–H groups in total. The fraction of sp³-hybridized carbons (Fsp3) is 0.350. The van der Waals surface area contributed by atoms with Crippen molar-refractivity contribution >= 4 is 23.4 Å². The maximum absolute atomic E-state index is 12.4. The molecule has 2 rings (SSSR count). The van der Waals surface area contributed by atoms with Gasteiger partial charge < -0.3 is 20.1 Å². The third kappa shape index (κ3) is 7.77. The maximum atomic E-state index is 12.4. The number of halogens is 3. The molecule has 0 aliphatic carbocycles. The first-order chi connectivity index (χ1) is 13.8. The molecule has 0 heterocycles. The van der Waals surface area contributed by atoms with E-state index in [-0.39, 0.29) is 12.5 Å². The van der Waals surface area contributed by atoms with E-state index in [0.717, 1.165) is 5.56 Å². The summed E-state index contributed by atoms with van der Waals surface area (Å²) in [5.41, 5.74) is 1.47. The number of carbonyl (C=O) groups excluding carboxylic acids is 1. The third-order valence-electron chi connectivity index (χ3n) is 3.90. The van der Waals surface area contributed by atoms with E-state index < -0.39 is 11.9 Å². The van der Waals surface area contributed by atoms with Gasteiger partial charge in [0.25, 0.3) is 0 Å². The first kappa shape index (κ1) is 22.7. The molecule has 0 saturated carbocycles. The molecule has 2 aromatic rings. The second-order valence-electron chi connectivity index (χ2n) is 6.04. The molecule has 0 fully saturated rings. The minimum atomic E-state index is -4.25. The zero-order chi connectivity index (χ0) is 21.3. The fourth-order valence-electron chi connectivity index (χ4n) is 2.52. The fourth-order valence-corrected chi connectivity index (χ4v) is 3.31. The van der Waals surface area contributed by atoms with Gasteiger partial charge in [0.15, 0.2) is 11.5 Å². The first-order valence-corrected chi connectivity index (χ1v) is 9.81. The molecule has 0 aromatic heterocycles. The number of methoxy groups -OCH3 is 2. The van der Waals surface area contributed by atoms with E-state index >= 15 is 0 Å². The first-order valence-electron chi connectivity index (χ1n) is 8.82. The van der Waals surface area contributed by atoms with Gasteiger partial charge in [0.1, 0.15) is 0 Å². The highest BCUT2D eigenvalue weighted by Crippen LogP contribution is 2.32. The Morgan fingerprint density at radius 2 is 1.79 bits per heavy atom. The lowest BCUT2D eigenvalue weighted by atomic mass is 10.1. The van der Waals surface area contributed by atoms with Crippen molar-refractivity contribution in [2.45, 2.75) is 17.5 Å². The summed E-state index contributed by atoms with van der Waals surface area (Å²) in [6.45, 7) is 0.385. The van der Waals surface area contributed by atoms with Crippen molar-refractivity contribution in [3.05, 3.63) is 48.0 Å². The van der Waals surface area contributed by atoms with Crippen LogP contribution in [0.15, 0.2) is 47.4 Å². The van der Waals surface area contributed by atoms with E-state index in [0.29, 0.717) is 46.8 Å². The lowest BCUT2D eigenvalue weighted by Gasteiger charge is -2.13. The van der Waals surface area contributed by atoms with Crippen molar-refractivity contribution in [2.75, 3.05) is 38.4 Å². The summed E-state index contributed by atoms with van der Waals surface area (Å²) in [4.78, 5) is 12.5. The molecule has 9 heteroatoms. The lowest BCUT2D eigenvalue weighted by Crippen LogP contribution is -2.31. The van der Waals surface area contributed by atoms with Crippen LogP contribution in [0.2, 0.25) is 0 Å². The molecule has 0 radical (unpaired) electrons.